The van der Waals surface area contributed by atoms with Crippen LogP contribution in [0.5, 0.6) is 5.75 Å². The molecule has 0 radical (unpaired) electrons. The van der Waals surface area contributed by atoms with Crippen LogP contribution in [0.3, 0.4) is 0 Å². The molecule has 2 aromatic rings. The van der Waals surface area contributed by atoms with Crippen molar-refractivity contribution in [3.63, 3.8) is 0 Å². The molecule has 0 spiro atoms. The minimum Gasteiger partial charge on any atom is -0.492 e. The molecule has 3 heteroatoms. The molecule has 0 aliphatic heterocycles. The Kier molecular flexibility index (Phi) is 6.08. The largest absolute Gasteiger partial charge is 0.492 e. The quantitative estimate of drug-likeness (QED) is 0.725. The third-order valence-electron chi connectivity index (χ3n) is 3.07. The van der Waals surface area contributed by atoms with Crippen LogP contribution in [0, 0.1) is 0 Å². The van der Waals surface area contributed by atoms with Crippen molar-refractivity contribution in [2.24, 2.45) is 5.73 Å². The molecule has 0 fully saturated rings. The number of nitrogens with one attached hydrogen (secondary N) is 1. The van der Waals surface area contributed by atoms with Crippen LogP contribution in [-0.4, -0.2) is 26.2 Å². The molecular formula is C17H22N2O. The van der Waals surface area contributed by atoms with Crippen LogP contribution in [0.1, 0.15) is 6.42 Å². The second kappa shape index (κ2) is 8.35. The molecule has 0 amide bonds. The Morgan fingerprint density at radius 1 is 0.850 bits per heavy atom. The standard InChI is InChI=1S/C17H22N2O/c18-11-4-12-19-13-14-20-17-9-7-16(8-10-17)15-5-2-1-3-6-15/h1-3,5-10,19H,4,11-14,18H2. The van der Waals surface area contributed by atoms with E-state index < -0.39 is 0 Å². The third kappa shape index (κ3) is 4.68. The van der Waals surface area contributed by atoms with Crippen molar-refractivity contribution in [3.05, 3.63) is 54.6 Å². The zero-order valence-corrected chi connectivity index (χ0v) is 11.7. The van der Waals surface area contributed by atoms with Crippen molar-refractivity contribution in [3.8, 4) is 16.9 Å². The monoisotopic (exact) mass is 270 g/mol. The van der Waals surface area contributed by atoms with E-state index in [-0.39, 0.29) is 0 Å². The van der Waals surface area contributed by atoms with Gasteiger partial charge in [-0.25, -0.2) is 0 Å². The molecule has 0 atom stereocenters. The Labute approximate surface area is 120 Å². The fourth-order valence-electron chi connectivity index (χ4n) is 1.97. The van der Waals surface area contributed by atoms with E-state index >= 15 is 0 Å². The van der Waals surface area contributed by atoms with Crippen molar-refractivity contribution >= 4 is 0 Å². The van der Waals surface area contributed by atoms with Gasteiger partial charge in [0.05, 0.1) is 0 Å². The molecule has 0 heterocycles. The van der Waals surface area contributed by atoms with Crippen LogP contribution in [0.15, 0.2) is 54.6 Å². The maximum absolute atomic E-state index is 5.68. The van der Waals surface area contributed by atoms with Gasteiger partial charge < -0.3 is 15.8 Å². The maximum atomic E-state index is 5.68. The molecule has 0 aliphatic carbocycles. The van der Waals surface area contributed by atoms with Crippen molar-refractivity contribution in [2.75, 3.05) is 26.2 Å². The van der Waals surface area contributed by atoms with E-state index in [4.69, 9.17) is 10.5 Å². The normalized spacial score (nSPS) is 10.4. The summed E-state index contributed by atoms with van der Waals surface area (Å²) in [5.74, 6) is 0.908. The molecule has 3 nitrogen and oxygen atoms in total. The van der Waals surface area contributed by atoms with E-state index in [1.807, 2.05) is 30.3 Å². The first-order chi connectivity index (χ1) is 9.90. The summed E-state index contributed by atoms with van der Waals surface area (Å²) in [6.45, 7) is 3.21. The predicted octanol–water partition coefficient (Wildman–Crippen LogP) is 2.67. The van der Waals surface area contributed by atoms with Crippen LogP contribution >= 0.6 is 0 Å². The van der Waals surface area contributed by atoms with Crippen molar-refractivity contribution < 1.29 is 4.74 Å². The maximum Gasteiger partial charge on any atom is 0.119 e. The highest BCUT2D eigenvalue weighted by molar-refractivity contribution is 5.63. The first kappa shape index (κ1) is 14.6. The Hall–Kier alpha value is -1.84. The molecule has 106 valence electrons. The van der Waals surface area contributed by atoms with Gasteiger partial charge in [-0.05, 0) is 42.8 Å². The first-order valence-electron chi connectivity index (χ1n) is 7.09. The first-order valence-corrected chi connectivity index (χ1v) is 7.09. The highest BCUT2D eigenvalue weighted by atomic mass is 16.5. The van der Waals surface area contributed by atoms with Crippen LogP contribution in [0.25, 0.3) is 11.1 Å². The molecular weight excluding hydrogens is 248 g/mol. The summed E-state index contributed by atoms with van der Waals surface area (Å²) in [5, 5.41) is 3.29. The molecule has 0 saturated heterocycles. The van der Waals surface area contributed by atoms with Gasteiger partial charge in [0.2, 0.25) is 0 Å². The summed E-state index contributed by atoms with van der Waals surface area (Å²) in [5.41, 5.74) is 7.86. The molecule has 0 aromatic heterocycles. The van der Waals surface area contributed by atoms with Gasteiger partial charge in [0, 0.05) is 6.54 Å². The summed E-state index contributed by atoms with van der Waals surface area (Å²) >= 11 is 0. The second-order valence-electron chi connectivity index (χ2n) is 4.63. The highest BCUT2D eigenvalue weighted by Gasteiger charge is 1.98. The molecule has 3 N–H and O–H groups in total. The third-order valence-corrected chi connectivity index (χ3v) is 3.07. The molecule has 0 aliphatic rings. The molecule has 2 rings (SSSR count). The fourth-order valence-corrected chi connectivity index (χ4v) is 1.97. The lowest BCUT2D eigenvalue weighted by Crippen LogP contribution is -2.23. The summed E-state index contributed by atoms with van der Waals surface area (Å²) in [6.07, 6.45) is 1.01. The number of hydrogen-bond donors (Lipinski definition) is 2. The lowest BCUT2D eigenvalue weighted by atomic mass is 10.1. The Bertz CT molecular complexity index is 482. The number of benzene rings is 2. The number of nitrogens with two attached hydrogens (primary N) is 1. The summed E-state index contributed by atoms with van der Waals surface area (Å²) in [6, 6.07) is 18.6. The average molecular weight is 270 g/mol. The van der Waals surface area contributed by atoms with E-state index in [1.165, 1.54) is 11.1 Å². The minimum atomic E-state index is 0.676. The average Bonchev–Trinajstić information content (AvgIpc) is 2.52. The van der Waals surface area contributed by atoms with E-state index in [0.29, 0.717) is 6.61 Å². The Balaban J connectivity index is 1.77. The van der Waals surface area contributed by atoms with Crippen molar-refractivity contribution in [1.82, 2.24) is 5.32 Å². The molecule has 2 aromatic carbocycles. The van der Waals surface area contributed by atoms with Gasteiger partial charge in [-0.3, -0.25) is 0 Å². The van der Waals surface area contributed by atoms with E-state index in [9.17, 15) is 0 Å². The highest BCUT2D eigenvalue weighted by Crippen LogP contribution is 2.21. The zero-order valence-electron chi connectivity index (χ0n) is 11.7. The van der Waals surface area contributed by atoms with Gasteiger partial charge in [0.25, 0.3) is 0 Å². The molecule has 20 heavy (non-hydrogen) atoms. The zero-order chi connectivity index (χ0) is 14.0. The number of rotatable bonds is 8. The van der Waals surface area contributed by atoms with Gasteiger partial charge in [0.1, 0.15) is 12.4 Å². The summed E-state index contributed by atoms with van der Waals surface area (Å²) in [4.78, 5) is 0. The van der Waals surface area contributed by atoms with E-state index in [0.717, 1.165) is 31.8 Å². The minimum absolute atomic E-state index is 0.676. The van der Waals surface area contributed by atoms with Crippen LogP contribution < -0.4 is 15.8 Å². The van der Waals surface area contributed by atoms with Crippen molar-refractivity contribution in [1.29, 1.82) is 0 Å². The van der Waals surface area contributed by atoms with E-state index in [1.54, 1.807) is 0 Å². The van der Waals surface area contributed by atoms with Gasteiger partial charge in [-0.2, -0.15) is 0 Å². The van der Waals surface area contributed by atoms with E-state index in [2.05, 4.69) is 29.6 Å². The van der Waals surface area contributed by atoms with Gasteiger partial charge in [0.15, 0.2) is 0 Å². The molecule has 0 unspecified atom stereocenters. The Morgan fingerprint density at radius 3 is 2.25 bits per heavy atom. The fraction of sp³-hybridized carbons (Fsp3) is 0.294. The smallest absolute Gasteiger partial charge is 0.119 e. The number of hydrogen-bond acceptors (Lipinski definition) is 3. The lowest BCUT2D eigenvalue weighted by Gasteiger charge is -2.08. The SMILES string of the molecule is NCCCNCCOc1ccc(-c2ccccc2)cc1. The number of ether oxygens (including phenoxy) is 1. The summed E-state index contributed by atoms with van der Waals surface area (Å²) < 4.78 is 5.68. The molecule has 0 bridgehead atoms. The van der Waals surface area contributed by atoms with Crippen LogP contribution in [0.4, 0.5) is 0 Å². The van der Waals surface area contributed by atoms with Crippen LogP contribution in [-0.2, 0) is 0 Å². The lowest BCUT2D eigenvalue weighted by molar-refractivity contribution is 0.314. The molecule has 0 saturated carbocycles. The van der Waals surface area contributed by atoms with Crippen molar-refractivity contribution in [2.45, 2.75) is 6.42 Å². The second-order valence-corrected chi connectivity index (χ2v) is 4.63. The summed E-state index contributed by atoms with van der Waals surface area (Å²) in [7, 11) is 0. The predicted molar refractivity (Wildman–Crippen MR) is 83.9 cm³/mol. The van der Waals surface area contributed by atoms with Crippen LogP contribution in [0.2, 0.25) is 0 Å². The van der Waals surface area contributed by atoms with Gasteiger partial charge in [-0.1, -0.05) is 42.5 Å². The van der Waals surface area contributed by atoms with Gasteiger partial charge in [-0.15, -0.1) is 0 Å². The Morgan fingerprint density at radius 2 is 1.55 bits per heavy atom. The van der Waals surface area contributed by atoms with Gasteiger partial charge >= 0.3 is 0 Å². The topological polar surface area (TPSA) is 47.3 Å².